The second kappa shape index (κ2) is 4.35. The number of hydrogen-bond acceptors (Lipinski definition) is 3. The molecule has 0 amide bonds. The van der Waals surface area contributed by atoms with Crippen molar-refractivity contribution in [3.63, 3.8) is 0 Å². The van der Waals surface area contributed by atoms with Crippen molar-refractivity contribution < 1.29 is 5.11 Å². The summed E-state index contributed by atoms with van der Waals surface area (Å²) < 4.78 is 0. The van der Waals surface area contributed by atoms with E-state index in [1.54, 1.807) is 12.1 Å². The topological polar surface area (TPSA) is 44.0 Å². The molecule has 0 saturated carbocycles. The zero-order valence-electron chi connectivity index (χ0n) is 6.32. The molecule has 0 radical (unpaired) electrons. The van der Waals surface area contributed by atoms with E-state index in [1.807, 2.05) is 11.5 Å². The van der Waals surface area contributed by atoms with Gasteiger partial charge in [-0.1, -0.05) is 12.1 Å². The van der Waals surface area contributed by atoms with E-state index < -0.39 is 0 Å². The molecule has 0 spiro atoms. The quantitative estimate of drug-likeness (QED) is 0.578. The number of nitrogens with zero attached hydrogens (tertiary/aromatic N) is 1. The van der Waals surface area contributed by atoms with Crippen molar-refractivity contribution in [3.8, 4) is 11.2 Å². The largest absolute Gasteiger partial charge is 0.507 e. The highest BCUT2D eigenvalue weighted by Gasteiger charge is 2.01. The zero-order valence-corrected chi connectivity index (χ0v) is 8.29. The summed E-state index contributed by atoms with van der Waals surface area (Å²) >= 11 is 1.17. The van der Waals surface area contributed by atoms with Crippen LogP contribution in [0.5, 0.6) is 5.75 Å². The molecule has 1 rings (SSSR count). The number of nitriles is 1. The van der Waals surface area contributed by atoms with E-state index in [0.29, 0.717) is 5.75 Å². The van der Waals surface area contributed by atoms with Gasteiger partial charge in [0, 0.05) is 11.1 Å². The lowest BCUT2D eigenvalue weighted by atomic mass is 10.2. The molecule has 1 aromatic carbocycles. The molecule has 1 unspecified atom stereocenters. The molecule has 0 saturated heterocycles. The minimum absolute atomic E-state index is 0.260. The Bertz CT molecular complexity index is 321. The van der Waals surface area contributed by atoms with Gasteiger partial charge in [0.2, 0.25) is 0 Å². The smallest absolute Gasteiger partial charge is 0.133 e. The molecule has 0 aliphatic carbocycles. The highest BCUT2D eigenvalue weighted by atomic mass is 32.2. The van der Waals surface area contributed by atoms with Crippen LogP contribution in [-0.2, 0) is 5.75 Å². The first kappa shape index (κ1) is 9.38. The Kier molecular flexibility index (Phi) is 3.40. The highest BCUT2D eigenvalue weighted by molar-refractivity contribution is 8.03. The van der Waals surface area contributed by atoms with Crippen molar-refractivity contribution in [1.82, 2.24) is 0 Å². The summed E-state index contributed by atoms with van der Waals surface area (Å²) in [5, 5.41) is 20.4. The monoisotopic (exact) mass is 197 g/mol. The number of rotatable bonds is 2. The Morgan fingerprint density at radius 3 is 3.00 bits per heavy atom. The van der Waals surface area contributed by atoms with Gasteiger partial charge in [0.1, 0.15) is 11.2 Å². The Hall–Kier alpha value is -0.710. The Morgan fingerprint density at radius 2 is 2.33 bits per heavy atom. The van der Waals surface area contributed by atoms with Gasteiger partial charge in [-0.05, 0) is 23.4 Å². The van der Waals surface area contributed by atoms with Gasteiger partial charge >= 0.3 is 0 Å². The van der Waals surface area contributed by atoms with E-state index in [2.05, 4.69) is 9.24 Å². The van der Waals surface area contributed by atoms with E-state index in [-0.39, 0.29) is 5.75 Å². The Morgan fingerprint density at radius 1 is 1.58 bits per heavy atom. The molecule has 0 aliphatic heterocycles. The molecule has 4 heteroatoms. The van der Waals surface area contributed by atoms with Crippen molar-refractivity contribution in [3.05, 3.63) is 23.8 Å². The van der Waals surface area contributed by atoms with Gasteiger partial charge in [0.15, 0.2) is 0 Å². The van der Waals surface area contributed by atoms with Crippen LogP contribution in [0.4, 0.5) is 0 Å². The third-order valence-corrected chi connectivity index (χ3v) is 2.72. The summed E-state index contributed by atoms with van der Waals surface area (Å²) in [6.45, 7) is 0. The van der Waals surface area contributed by atoms with Crippen LogP contribution < -0.4 is 5.30 Å². The Balaban J connectivity index is 2.86. The summed E-state index contributed by atoms with van der Waals surface area (Å²) in [5.41, 5.74) is 0.978. The molecule has 2 nitrogen and oxygen atoms in total. The number of phenolic OH excluding ortho intramolecular Hbond substituents is 1. The molecule has 0 heterocycles. The number of phenols is 1. The molecule has 12 heavy (non-hydrogen) atoms. The Labute approximate surface area is 77.8 Å². The fourth-order valence-electron chi connectivity index (χ4n) is 0.835. The highest BCUT2D eigenvalue weighted by Crippen LogP contribution is 2.16. The first-order valence-corrected chi connectivity index (χ1v) is 4.89. The average Bonchev–Trinajstić information content (AvgIpc) is 2.08. The maximum Gasteiger partial charge on any atom is 0.133 e. The normalized spacial score (nSPS) is 9.33. The van der Waals surface area contributed by atoms with Crippen LogP contribution in [0.3, 0.4) is 0 Å². The lowest BCUT2D eigenvalue weighted by molar-refractivity contribution is 0.479. The van der Waals surface area contributed by atoms with Gasteiger partial charge in [-0.15, -0.1) is 9.24 Å². The molecule has 0 aliphatic rings. The summed E-state index contributed by atoms with van der Waals surface area (Å²) in [6, 6.07) is 5.30. The third-order valence-electron chi connectivity index (χ3n) is 1.47. The lowest BCUT2D eigenvalue weighted by Gasteiger charge is -2.03. The maximum atomic E-state index is 9.29. The first-order chi connectivity index (χ1) is 5.75. The average molecular weight is 197 g/mol. The van der Waals surface area contributed by atoms with Crippen LogP contribution in [0.1, 0.15) is 5.56 Å². The number of benzene rings is 1. The minimum Gasteiger partial charge on any atom is -0.507 e. The van der Waals surface area contributed by atoms with Gasteiger partial charge in [0.05, 0.1) is 0 Å². The molecule has 62 valence electrons. The maximum absolute atomic E-state index is 9.29. The number of thiocyanates is 1. The summed E-state index contributed by atoms with van der Waals surface area (Å²) in [4.78, 5) is 0. The molecular formula is C8H8NOPS. The summed E-state index contributed by atoms with van der Waals surface area (Å²) in [5.74, 6) is 0.875. The van der Waals surface area contributed by atoms with E-state index in [1.165, 1.54) is 11.8 Å². The molecule has 0 fully saturated rings. The van der Waals surface area contributed by atoms with Gasteiger partial charge < -0.3 is 5.11 Å². The summed E-state index contributed by atoms with van der Waals surface area (Å²) in [6.07, 6.45) is 0. The van der Waals surface area contributed by atoms with Crippen molar-refractivity contribution in [2.75, 3.05) is 0 Å². The van der Waals surface area contributed by atoms with Crippen LogP contribution in [0.25, 0.3) is 0 Å². The fraction of sp³-hybridized carbons (Fsp3) is 0.125. The zero-order chi connectivity index (χ0) is 8.97. The standard InChI is InChI=1S/C8H8NOPS/c9-5-12-4-6-2-1-3-7(10)8(6)11/h1-3,10H,4,11H2. The first-order valence-electron chi connectivity index (χ1n) is 3.33. The molecule has 0 bridgehead atoms. The van der Waals surface area contributed by atoms with Crippen LogP contribution in [0.2, 0.25) is 0 Å². The number of thioether (sulfide) groups is 1. The van der Waals surface area contributed by atoms with Gasteiger partial charge in [0.25, 0.3) is 0 Å². The fourth-order valence-corrected chi connectivity index (χ4v) is 1.75. The van der Waals surface area contributed by atoms with Crippen molar-refractivity contribution in [1.29, 1.82) is 5.26 Å². The van der Waals surface area contributed by atoms with Crippen LogP contribution >= 0.6 is 21.0 Å². The van der Waals surface area contributed by atoms with Crippen molar-refractivity contribution in [2.45, 2.75) is 5.75 Å². The van der Waals surface area contributed by atoms with Crippen LogP contribution in [0, 0.1) is 10.7 Å². The van der Waals surface area contributed by atoms with Crippen LogP contribution in [-0.4, -0.2) is 5.11 Å². The predicted octanol–water partition coefficient (Wildman–Crippen LogP) is 1.61. The molecular weight excluding hydrogens is 189 g/mol. The number of aromatic hydroxyl groups is 1. The SMILES string of the molecule is N#CSCc1cccc(O)c1P. The van der Waals surface area contributed by atoms with Crippen molar-refractivity contribution >= 4 is 26.3 Å². The van der Waals surface area contributed by atoms with Gasteiger partial charge in [-0.3, -0.25) is 0 Å². The van der Waals surface area contributed by atoms with E-state index in [4.69, 9.17) is 5.26 Å². The van der Waals surface area contributed by atoms with Gasteiger partial charge in [-0.2, -0.15) is 5.26 Å². The minimum atomic E-state index is 0.260. The second-order valence-corrected chi connectivity index (χ2v) is 3.57. The number of hydrogen-bond donors (Lipinski definition) is 1. The van der Waals surface area contributed by atoms with E-state index in [9.17, 15) is 5.11 Å². The van der Waals surface area contributed by atoms with Gasteiger partial charge in [-0.25, -0.2) is 0 Å². The molecule has 1 atom stereocenters. The second-order valence-electron chi connectivity index (χ2n) is 2.23. The van der Waals surface area contributed by atoms with E-state index in [0.717, 1.165) is 10.9 Å². The third kappa shape index (κ3) is 2.14. The molecule has 0 aromatic heterocycles. The van der Waals surface area contributed by atoms with Crippen LogP contribution in [0.15, 0.2) is 18.2 Å². The van der Waals surface area contributed by atoms with E-state index >= 15 is 0 Å². The summed E-state index contributed by atoms with van der Waals surface area (Å²) in [7, 11) is 2.47. The molecule has 1 aromatic rings. The van der Waals surface area contributed by atoms with Crippen molar-refractivity contribution in [2.24, 2.45) is 0 Å². The lowest BCUT2D eigenvalue weighted by Crippen LogP contribution is -1.99. The predicted molar refractivity (Wildman–Crippen MR) is 54.4 cm³/mol. The molecule has 1 N–H and O–H groups in total.